The first-order valence-corrected chi connectivity index (χ1v) is 5.48. The second-order valence-corrected chi connectivity index (χ2v) is 4.34. The summed E-state index contributed by atoms with van der Waals surface area (Å²) in [5.41, 5.74) is 0. The van der Waals surface area contributed by atoms with Gasteiger partial charge in [-0.25, -0.2) is 4.79 Å². The highest BCUT2D eigenvalue weighted by Crippen LogP contribution is 2.24. The molecule has 0 amide bonds. The molecule has 1 aromatic rings. The average Bonchev–Trinajstić information content (AvgIpc) is 2.18. The van der Waals surface area contributed by atoms with E-state index in [1.807, 2.05) is 19.9 Å². The van der Waals surface area contributed by atoms with Gasteiger partial charge in [0, 0.05) is 0 Å². The number of carbonyl (C=O) groups is 1. The normalized spacial score (nSPS) is 10.1. The summed E-state index contributed by atoms with van der Waals surface area (Å²) in [5, 5.41) is 0. The van der Waals surface area contributed by atoms with Crippen molar-refractivity contribution in [3.63, 3.8) is 0 Å². The summed E-state index contributed by atoms with van der Waals surface area (Å²) in [7, 11) is 0. The fourth-order valence-corrected chi connectivity index (χ4v) is 1.25. The summed E-state index contributed by atoms with van der Waals surface area (Å²) in [6.45, 7) is 4.29. The smallest absolute Gasteiger partial charge is 0.434 e. The minimum absolute atomic E-state index is 0.303. The summed E-state index contributed by atoms with van der Waals surface area (Å²) in [6.07, 6.45) is -0.671. The molecule has 0 saturated carbocycles. The number of benzene rings is 1. The molecular formula is C11H13BrO3. The van der Waals surface area contributed by atoms with E-state index >= 15 is 0 Å². The molecule has 0 radical (unpaired) electrons. The monoisotopic (exact) mass is 272 g/mol. The topological polar surface area (TPSA) is 35.5 Å². The highest BCUT2D eigenvalue weighted by atomic mass is 79.9. The first kappa shape index (κ1) is 12.0. The molecule has 4 heteroatoms. The number of halogens is 1. The van der Waals surface area contributed by atoms with E-state index in [4.69, 9.17) is 9.47 Å². The molecule has 15 heavy (non-hydrogen) atoms. The number of carbonyl (C=O) groups excluding carboxylic acids is 1. The van der Waals surface area contributed by atoms with E-state index in [2.05, 4.69) is 15.9 Å². The number of hydrogen-bond acceptors (Lipinski definition) is 3. The van der Waals surface area contributed by atoms with Crippen molar-refractivity contribution in [1.29, 1.82) is 0 Å². The Morgan fingerprint density at radius 3 is 2.67 bits per heavy atom. The van der Waals surface area contributed by atoms with Gasteiger partial charge >= 0.3 is 6.16 Å². The zero-order valence-corrected chi connectivity index (χ0v) is 10.3. The van der Waals surface area contributed by atoms with Crippen LogP contribution in [0.2, 0.25) is 0 Å². The molecule has 1 aromatic carbocycles. The van der Waals surface area contributed by atoms with E-state index in [0.717, 1.165) is 4.47 Å². The third-order valence-electron chi connectivity index (χ3n) is 1.56. The third-order valence-corrected chi connectivity index (χ3v) is 2.22. The second-order valence-electron chi connectivity index (χ2n) is 3.49. The molecule has 0 atom stereocenters. The predicted octanol–water partition coefficient (Wildman–Crippen LogP) is 3.62. The van der Waals surface area contributed by atoms with E-state index in [1.165, 1.54) is 0 Å². The van der Waals surface area contributed by atoms with Gasteiger partial charge in [0.05, 0.1) is 11.1 Å². The molecule has 82 valence electrons. The highest BCUT2D eigenvalue weighted by molar-refractivity contribution is 9.10. The lowest BCUT2D eigenvalue weighted by Gasteiger charge is -2.08. The summed E-state index contributed by atoms with van der Waals surface area (Å²) < 4.78 is 10.6. The van der Waals surface area contributed by atoms with Crippen molar-refractivity contribution in [2.45, 2.75) is 13.8 Å². The number of hydrogen-bond donors (Lipinski definition) is 0. The highest BCUT2D eigenvalue weighted by Gasteiger charge is 2.08. The van der Waals surface area contributed by atoms with Gasteiger partial charge in [0.15, 0.2) is 0 Å². The Hall–Kier alpha value is -1.03. The Morgan fingerprint density at radius 1 is 1.40 bits per heavy atom. The zero-order valence-electron chi connectivity index (χ0n) is 8.70. The van der Waals surface area contributed by atoms with Crippen molar-refractivity contribution in [3.8, 4) is 5.75 Å². The minimum Gasteiger partial charge on any atom is -0.434 e. The summed E-state index contributed by atoms with van der Waals surface area (Å²) in [5.74, 6) is 0.767. The molecule has 0 fully saturated rings. The standard InChI is InChI=1S/C11H13BrO3/c1-8(2)7-14-11(13)15-10-6-4-3-5-9(10)12/h3-6,8H,7H2,1-2H3. The van der Waals surface area contributed by atoms with E-state index in [1.54, 1.807) is 18.2 Å². The van der Waals surface area contributed by atoms with Gasteiger partial charge in [-0.1, -0.05) is 26.0 Å². The van der Waals surface area contributed by atoms with Crippen molar-refractivity contribution in [1.82, 2.24) is 0 Å². The fourth-order valence-electron chi connectivity index (χ4n) is 0.881. The quantitative estimate of drug-likeness (QED) is 0.623. The minimum atomic E-state index is -0.671. The maximum Gasteiger partial charge on any atom is 0.513 e. The van der Waals surface area contributed by atoms with Crippen molar-refractivity contribution in [3.05, 3.63) is 28.7 Å². The maximum absolute atomic E-state index is 11.2. The van der Waals surface area contributed by atoms with Crippen LogP contribution in [0.5, 0.6) is 5.75 Å². The van der Waals surface area contributed by atoms with E-state index in [-0.39, 0.29) is 0 Å². The zero-order chi connectivity index (χ0) is 11.3. The second kappa shape index (κ2) is 5.75. The van der Waals surface area contributed by atoms with Crippen LogP contribution in [-0.4, -0.2) is 12.8 Å². The summed E-state index contributed by atoms with van der Waals surface area (Å²) in [6, 6.07) is 7.12. The summed E-state index contributed by atoms with van der Waals surface area (Å²) in [4.78, 5) is 11.2. The van der Waals surface area contributed by atoms with E-state index in [9.17, 15) is 4.79 Å². The van der Waals surface area contributed by atoms with Crippen LogP contribution in [0.1, 0.15) is 13.8 Å². The first-order chi connectivity index (χ1) is 7.09. The predicted molar refractivity (Wildman–Crippen MR) is 61.0 cm³/mol. The van der Waals surface area contributed by atoms with Crippen molar-refractivity contribution >= 4 is 22.1 Å². The Morgan fingerprint density at radius 2 is 2.07 bits per heavy atom. The van der Waals surface area contributed by atoms with Gasteiger partial charge in [0.1, 0.15) is 5.75 Å². The van der Waals surface area contributed by atoms with Gasteiger partial charge < -0.3 is 9.47 Å². The molecule has 0 aliphatic heterocycles. The maximum atomic E-state index is 11.2. The molecule has 0 aromatic heterocycles. The van der Waals surface area contributed by atoms with E-state index < -0.39 is 6.16 Å². The molecule has 0 aliphatic carbocycles. The lowest BCUT2D eigenvalue weighted by Crippen LogP contribution is -2.14. The van der Waals surface area contributed by atoms with Crippen LogP contribution in [-0.2, 0) is 4.74 Å². The van der Waals surface area contributed by atoms with E-state index in [0.29, 0.717) is 18.3 Å². The molecular weight excluding hydrogens is 260 g/mol. The van der Waals surface area contributed by atoms with Gasteiger partial charge in [-0.05, 0) is 34.0 Å². The van der Waals surface area contributed by atoms with Crippen LogP contribution in [0.4, 0.5) is 4.79 Å². The lowest BCUT2D eigenvalue weighted by atomic mass is 10.2. The SMILES string of the molecule is CC(C)COC(=O)Oc1ccccc1Br. The Labute approximate surface area is 97.5 Å². The molecule has 0 unspecified atom stereocenters. The van der Waals surface area contributed by atoms with Crippen LogP contribution in [0.25, 0.3) is 0 Å². The molecule has 3 nitrogen and oxygen atoms in total. The Kier molecular flexibility index (Phi) is 4.62. The molecule has 1 rings (SSSR count). The van der Waals surface area contributed by atoms with Crippen molar-refractivity contribution < 1.29 is 14.3 Å². The van der Waals surface area contributed by atoms with Crippen LogP contribution < -0.4 is 4.74 Å². The van der Waals surface area contributed by atoms with Crippen LogP contribution in [0, 0.1) is 5.92 Å². The van der Waals surface area contributed by atoms with Gasteiger partial charge in [-0.2, -0.15) is 0 Å². The molecule has 0 bridgehead atoms. The number of rotatable bonds is 3. The average molecular weight is 273 g/mol. The van der Waals surface area contributed by atoms with Crippen LogP contribution in [0.15, 0.2) is 28.7 Å². The molecule has 0 heterocycles. The van der Waals surface area contributed by atoms with Crippen molar-refractivity contribution in [2.24, 2.45) is 5.92 Å². The van der Waals surface area contributed by atoms with Crippen molar-refractivity contribution in [2.75, 3.05) is 6.61 Å². The molecule has 0 saturated heterocycles. The molecule has 0 spiro atoms. The Bertz CT molecular complexity index is 336. The first-order valence-electron chi connectivity index (χ1n) is 4.68. The van der Waals surface area contributed by atoms with Gasteiger partial charge in [-0.15, -0.1) is 0 Å². The van der Waals surface area contributed by atoms with Gasteiger partial charge in [0.2, 0.25) is 0 Å². The largest absolute Gasteiger partial charge is 0.513 e. The van der Waals surface area contributed by atoms with Gasteiger partial charge in [0.25, 0.3) is 0 Å². The molecule has 0 aliphatic rings. The summed E-state index contributed by atoms with van der Waals surface area (Å²) >= 11 is 3.27. The third kappa shape index (κ3) is 4.34. The van der Waals surface area contributed by atoms with Gasteiger partial charge in [-0.3, -0.25) is 0 Å². The lowest BCUT2D eigenvalue weighted by molar-refractivity contribution is 0.0883. The van der Waals surface area contributed by atoms with Crippen LogP contribution >= 0.6 is 15.9 Å². The van der Waals surface area contributed by atoms with Crippen LogP contribution in [0.3, 0.4) is 0 Å². The molecule has 0 N–H and O–H groups in total. The Balaban J connectivity index is 2.48. The number of ether oxygens (including phenoxy) is 2. The fraction of sp³-hybridized carbons (Fsp3) is 0.364. The number of para-hydroxylation sites is 1.